The maximum absolute atomic E-state index is 12.6. The zero-order chi connectivity index (χ0) is 19.2. The second-order valence-corrected chi connectivity index (χ2v) is 6.94. The van der Waals surface area contributed by atoms with Gasteiger partial charge in [-0.3, -0.25) is 9.59 Å². The van der Waals surface area contributed by atoms with E-state index in [-0.39, 0.29) is 17.7 Å². The predicted molar refractivity (Wildman–Crippen MR) is 104 cm³/mol. The summed E-state index contributed by atoms with van der Waals surface area (Å²) in [5, 5.41) is 11.8. The second-order valence-electron chi connectivity index (χ2n) is 6.94. The van der Waals surface area contributed by atoms with Crippen molar-refractivity contribution in [2.75, 3.05) is 18.4 Å². The number of amides is 2. The number of carbonyl (C=O) groups is 2. The first-order chi connectivity index (χ1) is 13.1. The van der Waals surface area contributed by atoms with Crippen LogP contribution in [-0.2, 0) is 16.0 Å². The first-order valence-corrected chi connectivity index (χ1v) is 9.20. The topological polar surface area (TPSA) is 73.2 Å². The molecule has 0 atom stereocenters. The SMILES string of the molecule is Cc1ccccc1CC(=O)N1CCC(C(=O)Nc2cccc(C#N)c2)CC1. The van der Waals surface area contributed by atoms with E-state index in [0.29, 0.717) is 43.6 Å². The van der Waals surface area contributed by atoms with Gasteiger partial charge in [0.05, 0.1) is 18.1 Å². The molecule has 0 bridgehead atoms. The van der Waals surface area contributed by atoms with Gasteiger partial charge in [0.2, 0.25) is 11.8 Å². The number of nitrogens with one attached hydrogen (secondary N) is 1. The Bertz CT molecular complexity index is 877. The van der Waals surface area contributed by atoms with Crippen molar-refractivity contribution in [3.8, 4) is 6.07 Å². The number of hydrogen-bond donors (Lipinski definition) is 1. The van der Waals surface area contributed by atoms with Crippen LogP contribution in [0.2, 0.25) is 0 Å². The molecule has 0 radical (unpaired) electrons. The summed E-state index contributed by atoms with van der Waals surface area (Å²) in [4.78, 5) is 26.9. The van der Waals surface area contributed by atoms with Gasteiger partial charge >= 0.3 is 0 Å². The standard InChI is InChI=1S/C22H23N3O2/c1-16-5-2-3-7-19(16)14-21(26)25-11-9-18(10-12-25)22(27)24-20-8-4-6-17(13-20)15-23/h2-8,13,18H,9-12,14H2,1H3,(H,24,27). The molecule has 0 saturated carbocycles. The number of aryl methyl sites for hydroxylation is 1. The lowest BCUT2D eigenvalue weighted by Gasteiger charge is -2.31. The molecule has 1 aliphatic rings. The highest BCUT2D eigenvalue weighted by atomic mass is 16.2. The minimum absolute atomic E-state index is 0.0453. The molecule has 3 rings (SSSR count). The first-order valence-electron chi connectivity index (χ1n) is 9.20. The van der Waals surface area contributed by atoms with Gasteiger partial charge in [-0.25, -0.2) is 0 Å². The summed E-state index contributed by atoms with van der Waals surface area (Å²) >= 11 is 0. The minimum Gasteiger partial charge on any atom is -0.342 e. The van der Waals surface area contributed by atoms with Crippen LogP contribution in [0.4, 0.5) is 5.69 Å². The zero-order valence-electron chi connectivity index (χ0n) is 15.4. The number of rotatable bonds is 4. The third kappa shape index (κ3) is 4.73. The van der Waals surface area contributed by atoms with Crippen LogP contribution < -0.4 is 5.32 Å². The Kier molecular flexibility index (Phi) is 5.87. The van der Waals surface area contributed by atoms with E-state index in [1.807, 2.05) is 36.1 Å². The zero-order valence-corrected chi connectivity index (χ0v) is 15.4. The minimum atomic E-state index is -0.113. The number of anilines is 1. The quantitative estimate of drug-likeness (QED) is 0.908. The van der Waals surface area contributed by atoms with E-state index in [2.05, 4.69) is 11.4 Å². The summed E-state index contributed by atoms with van der Waals surface area (Å²) in [7, 11) is 0. The smallest absolute Gasteiger partial charge is 0.227 e. The highest BCUT2D eigenvalue weighted by molar-refractivity contribution is 5.93. The van der Waals surface area contributed by atoms with Crippen LogP contribution in [0.5, 0.6) is 0 Å². The summed E-state index contributed by atoms with van der Waals surface area (Å²) in [5.74, 6) is -0.0424. The molecular formula is C22H23N3O2. The third-order valence-electron chi connectivity index (χ3n) is 5.08. The maximum Gasteiger partial charge on any atom is 0.227 e. The first kappa shape index (κ1) is 18.7. The lowest BCUT2D eigenvalue weighted by Crippen LogP contribution is -2.42. The average Bonchev–Trinajstić information content (AvgIpc) is 2.70. The largest absolute Gasteiger partial charge is 0.342 e. The van der Waals surface area contributed by atoms with E-state index < -0.39 is 0 Å². The van der Waals surface area contributed by atoms with Crippen LogP contribution in [-0.4, -0.2) is 29.8 Å². The summed E-state index contributed by atoms with van der Waals surface area (Å²) in [6.45, 7) is 3.21. The van der Waals surface area contributed by atoms with Gasteiger partial charge in [0.15, 0.2) is 0 Å². The van der Waals surface area contributed by atoms with Crippen LogP contribution >= 0.6 is 0 Å². The molecular weight excluding hydrogens is 338 g/mol. The molecule has 0 aromatic heterocycles. The molecule has 0 spiro atoms. The number of benzene rings is 2. The van der Waals surface area contributed by atoms with Gasteiger partial charge in [-0.15, -0.1) is 0 Å². The number of carbonyl (C=O) groups excluding carboxylic acids is 2. The monoisotopic (exact) mass is 361 g/mol. The number of likely N-dealkylation sites (tertiary alicyclic amines) is 1. The molecule has 1 fully saturated rings. The van der Waals surface area contributed by atoms with Crippen molar-refractivity contribution in [3.05, 3.63) is 65.2 Å². The molecule has 1 aliphatic heterocycles. The van der Waals surface area contributed by atoms with Crippen molar-refractivity contribution in [2.45, 2.75) is 26.2 Å². The Morgan fingerprint density at radius 1 is 1.15 bits per heavy atom. The van der Waals surface area contributed by atoms with E-state index >= 15 is 0 Å². The number of nitriles is 1. The fourth-order valence-electron chi connectivity index (χ4n) is 3.39. The highest BCUT2D eigenvalue weighted by Gasteiger charge is 2.27. The molecule has 5 heteroatoms. The molecule has 1 heterocycles. The molecule has 2 aromatic carbocycles. The van der Waals surface area contributed by atoms with Crippen LogP contribution in [0.1, 0.15) is 29.5 Å². The Balaban J connectivity index is 1.52. The second kappa shape index (κ2) is 8.50. The molecule has 138 valence electrons. The van der Waals surface area contributed by atoms with Crippen LogP contribution in [0.25, 0.3) is 0 Å². The van der Waals surface area contributed by atoms with E-state index in [4.69, 9.17) is 5.26 Å². The molecule has 1 N–H and O–H groups in total. The summed E-state index contributed by atoms with van der Waals surface area (Å²) in [5.41, 5.74) is 3.33. The number of piperidine rings is 1. The van der Waals surface area contributed by atoms with Crippen molar-refractivity contribution in [1.82, 2.24) is 4.90 Å². The van der Waals surface area contributed by atoms with E-state index in [1.165, 1.54) is 0 Å². The van der Waals surface area contributed by atoms with Crippen molar-refractivity contribution >= 4 is 17.5 Å². The summed E-state index contributed by atoms with van der Waals surface area (Å²) < 4.78 is 0. The van der Waals surface area contributed by atoms with Crippen LogP contribution in [0.3, 0.4) is 0 Å². The van der Waals surface area contributed by atoms with Crippen molar-refractivity contribution in [1.29, 1.82) is 5.26 Å². The average molecular weight is 361 g/mol. The summed E-state index contributed by atoms with van der Waals surface area (Å²) in [6.07, 6.45) is 1.72. The van der Waals surface area contributed by atoms with Gasteiger partial charge < -0.3 is 10.2 Å². The molecule has 0 unspecified atom stereocenters. The van der Waals surface area contributed by atoms with Gasteiger partial charge in [0.25, 0.3) is 0 Å². The fraction of sp³-hybridized carbons (Fsp3) is 0.318. The van der Waals surface area contributed by atoms with Crippen molar-refractivity contribution in [2.24, 2.45) is 5.92 Å². The Morgan fingerprint density at radius 2 is 1.89 bits per heavy atom. The van der Waals surface area contributed by atoms with Gasteiger partial charge in [-0.2, -0.15) is 5.26 Å². The van der Waals surface area contributed by atoms with Gasteiger partial charge in [0, 0.05) is 24.7 Å². The number of nitrogens with zero attached hydrogens (tertiary/aromatic N) is 2. The van der Waals surface area contributed by atoms with E-state index in [1.54, 1.807) is 24.3 Å². The Morgan fingerprint density at radius 3 is 2.59 bits per heavy atom. The lowest BCUT2D eigenvalue weighted by atomic mass is 9.95. The number of hydrogen-bond acceptors (Lipinski definition) is 3. The third-order valence-corrected chi connectivity index (χ3v) is 5.08. The Labute approximate surface area is 159 Å². The van der Waals surface area contributed by atoms with Crippen molar-refractivity contribution < 1.29 is 9.59 Å². The van der Waals surface area contributed by atoms with E-state index in [0.717, 1.165) is 11.1 Å². The fourth-order valence-corrected chi connectivity index (χ4v) is 3.39. The highest BCUT2D eigenvalue weighted by Crippen LogP contribution is 2.21. The molecule has 0 aliphatic carbocycles. The van der Waals surface area contributed by atoms with Crippen LogP contribution in [0.15, 0.2) is 48.5 Å². The molecule has 5 nitrogen and oxygen atoms in total. The van der Waals surface area contributed by atoms with Crippen LogP contribution in [0, 0.1) is 24.2 Å². The predicted octanol–water partition coefficient (Wildman–Crippen LogP) is 3.29. The molecule has 2 amide bonds. The maximum atomic E-state index is 12.6. The van der Waals surface area contributed by atoms with Gasteiger partial charge in [-0.05, 0) is 49.1 Å². The van der Waals surface area contributed by atoms with Gasteiger partial charge in [0.1, 0.15) is 0 Å². The summed E-state index contributed by atoms with van der Waals surface area (Å²) in [6, 6.07) is 16.9. The van der Waals surface area contributed by atoms with E-state index in [9.17, 15) is 9.59 Å². The molecule has 27 heavy (non-hydrogen) atoms. The van der Waals surface area contributed by atoms with Crippen molar-refractivity contribution in [3.63, 3.8) is 0 Å². The normalized spacial score (nSPS) is 14.4. The molecule has 2 aromatic rings. The lowest BCUT2D eigenvalue weighted by molar-refractivity contribution is -0.133. The molecule has 1 saturated heterocycles. The Hall–Kier alpha value is -3.13. The van der Waals surface area contributed by atoms with Gasteiger partial charge in [-0.1, -0.05) is 30.3 Å².